The van der Waals surface area contributed by atoms with Crippen molar-refractivity contribution >= 4 is 0 Å². The normalized spacial score (nSPS) is 13.7. The van der Waals surface area contributed by atoms with Gasteiger partial charge in [0, 0.05) is 148 Å². The van der Waals surface area contributed by atoms with Crippen LogP contribution in [0, 0.1) is 40.4 Å². The molecule has 1 atom stereocenters. The van der Waals surface area contributed by atoms with E-state index in [-0.39, 0.29) is 12.1 Å². The van der Waals surface area contributed by atoms with Gasteiger partial charge in [-0.3, -0.25) is 9.97 Å². The fourth-order valence-electron chi connectivity index (χ4n) is 10.5. The van der Waals surface area contributed by atoms with Crippen LogP contribution in [0.15, 0.2) is 232 Å². The smallest absolute Gasteiger partial charge is 0.212 e. The molecule has 0 saturated carbocycles. The number of aryl methyl sites for hydroxylation is 10. The van der Waals surface area contributed by atoms with Crippen molar-refractivity contribution in [2.45, 2.75) is 87.8 Å². The Hall–Kier alpha value is -10.1. The summed E-state index contributed by atoms with van der Waals surface area (Å²) in [4.78, 5) is 25.7. The number of nitrogens with zero attached hydrogens (tertiary/aromatic N) is 10. The molecule has 0 radical (unpaired) electrons. The van der Waals surface area contributed by atoms with E-state index in [2.05, 4.69) is 191 Å². The molecule has 0 aliphatic heterocycles. The summed E-state index contributed by atoms with van der Waals surface area (Å²) in [6, 6.07) is 58.6. The molecule has 452 valence electrons. The lowest BCUT2D eigenvalue weighted by Crippen LogP contribution is -2.31. The molecule has 0 fully saturated rings. The number of benzene rings is 4. The van der Waals surface area contributed by atoms with Gasteiger partial charge in [-0.05, 0) is 136 Å². The van der Waals surface area contributed by atoms with Gasteiger partial charge < -0.3 is 0 Å². The van der Waals surface area contributed by atoms with Crippen LogP contribution < -0.4 is 18.3 Å². The van der Waals surface area contributed by atoms with Crippen LogP contribution >= 0.6 is 0 Å². The van der Waals surface area contributed by atoms with Gasteiger partial charge in [0.1, 0.15) is 39.8 Å². The molecule has 0 N–H and O–H groups in total. The topological polar surface area (TPSA) is 92.9 Å². The molecule has 4 aromatic carbocycles. The third-order valence-corrected chi connectivity index (χ3v) is 15.5. The first kappa shape index (κ1) is 51.9. The molecule has 1 unspecified atom stereocenters. The molecule has 12 rings (SSSR count). The summed E-state index contributed by atoms with van der Waals surface area (Å²) in [5.41, 5.74) is 22.4. The van der Waals surface area contributed by atoms with E-state index in [4.69, 9.17) is 13.7 Å². The van der Waals surface area contributed by atoms with Crippen molar-refractivity contribution in [1.29, 1.82) is 0 Å². The first-order chi connectivity index (χ1) is 47.2. The van der Waals surface area contributed by atoms with Crippen LogP contribution in [0.1, 0.15) is 99.4 Å². The quantitative estimate of drug-likeness (QED) is 0.113. The van der Waals surface area contributed by atoms with Gasteiger partial charge in [0.15, 0.2) is 24.8 Å². The lowest BCUT2D eigenvalue weighted by atomic mass is 10.0. The third kappa shape index (κ3) is 16.4. The van der Waals surface area contributed by atoms with Crippen molar-refractivity contribution in [3.05, 3.63) is 277 Å². The average Bonchev–Trinajstić information content (AvgIpc) is 0.826. The molecule has 8 aromatic heterocycles. The standard InChI is InChI=1S/C21H24N3.C20H22N3.C20H21N2.C19H19N2/c1-15(2)13-21-22-12-11-19(23-21)17-9-10-20(24(4)14-17)18-8-6-5-7-16(18)3;1-14(2)20-21-11-17(12-22-20)16-9-10-19(23(4)13-16)18-8-6-5-7-15(18)3;1-4-18-11-9-16(13-21-18)17-10-12-20(22(3)14-17)19-8-6-5-7-15(19)2;1-14-6-4-5-7-18(14)19-11-10-17(13-21(19)3)16-9-8-15(2)20-12-16/h5-12,14-15H,13H2,1-4H3;5-14H,1-4H3;5-14H,4H2,1-3H3;4-13H,1-3H3/q4*+1/i1D3,15D;14D;4D2;2D3. The van der Waals surface area contributed by atoms with Crippen molar-refractivity contribution in [3.8, 4) is 89.7 Å². The Labute approximate surface area is 548 Å². The first-order valence-electron chi connectivity index (χ1n) is 35.0. The molecule has 8 heterocycles. The van der Waals surface area contributed by atoms with Crippen molar-refractivity contribution in [1.82, 2.24) is 29.9 Å². The molecule has 0 aliphatic rings. The minimum Gasteiger partial charge on any atom is -0.261 e. The van der Waals surface area contributed by atoms with E-state index in [1.165, 1.54) is 64.0 Å². The van der Waals surface area contributed by atoms with Crippen molar-refractivity contribution in [2.24, 2.45) is 34.1 Å². The molecule has 12 aromatic rings. The van der Waals surface area contributed by atoms with Gasteiger partial charge in [-0.25, -0.2) is 38.2 Å². The van der Waals surface area contributed by atoms with Crippen LogP contribution in [0.25, 0.3) is 89.7 Å². The fraction of sp³-hybridized carbons (Fsp3) is 0.225. The Morgan fingerprint density at radius 3 is 1.18 bits per heavy atom. The predicted octanol–water partition coefficient (Wildman–Crippen LogP) is 16.2. The highest BCUT2D eigenvalue weighted by atomic mass is 14.9. The van der Waals surface area contributed by atoms with Gasteiger partial charge in [0.25, 0.3) is 0 Å². The van der Waals surface area contributed by atoms with Gasteiger partial charge in [-0.1, -0.05) is 119 Å². The average molecular weight is 1200 g/mol. The molecule has 0 amide bonds. The maximum Gasteiger partial charge on any atom is 0.212 e. The number of rotatable bonds is 12. The van der Waals surface area contributed by atoms with E-state index >= 15 is 0 Å². The highest BCUT2D eigenvalue weighted by Gasteiger charge is 2.19. The summed E-state index contributed by atoms with van der Waals surface area (Å²) in [5.74, 6) is -1.52. The Bertz CT molecular complexity index is 4460. The molecule has 0 saturated heterocycles. The third-order valence-electron chi connectivity index (χ3n) is 15.5. The number of pyridine rings is 6. The van der Waals surface area contributed by atoms with Gasteiger partial charge >= 0.3 is 0 Å². The second-order valence-electron chi connectivity index (χ2n) is 22.6. The molecule has 0 aliphatic carbocycles. The fourth-order valence-corrected chi connectivity index (χ4v) is 10.5. The Balaban J connectivity index is 0.000000156. The van der Waals surface area contributed by atoms with E-state index in [1.807, 2.05) is 89.1 Å². The van der Waals surface area contributed by atoms with Crippen molar-refractivity contribution < 1.29 is 32.0 Å². The molecule has 10 heteroatoms. The zero-order valence-corrected chi connectivity index (χ0v) is 53.6. The molecule has 0 bridgehead atoms. The van der Waals surface area contributed by atoms with E-state index in [1.54, 1.807) is 69.1 Å². The Kier molecular flexibility index (Phi) is 17.4. The van der Waals surface area contributed by atoms with Crippen LogP contribution in [-0.4, -0.2) is 29.9 Å². The minimum atomic E-state index is -2.39. The van der Waals surface area contributed by atoms with E-state index in [0.29, 0.717) is 23.0 Å². The number of hydrogen-bond donors (Lipinski definition) is 0. The summed E-state index contributed by atoms with van der Waals surface area (Å²) in [5, 5.41) is 0. The van der Waals surface area contributed by atoms with Gasteiger partial charge in [0.05, 0.1) is 11.3 Å². The highest BCUT2D eigenvalue weighted by molar-refractivity contribution is 5.69. The Morgan fingerprint density at radius 2 is 0.811 bits per heavy atom. The molecular weight excluding hydrogens is 1100 g/mol. The first-order valence-corrected chi connectivity index (χ1v) is 30.0. The summed E-state index contributed by atoms with van der Waals surface area (Å²) in [6.45, 7) is 10.4. The van der Waals surface area contributed by atoms with E-state index in [9.17, 15) is 0 Å². The van der Waals surface area contributed by atoms with Crippen LogP contribution in [0.3, 0.4) is 0 Å². The molecule has 0 spiro atoms. The van der Waals surface area contributed by atoms with Crippen molar-refractivity contribution in [2.75, 3.05) is 0 Å². The largest absolute Gasteiger partial charge is 0.261 e. The lowest BCUT2D eigenvalue weighted by molar-refractivity contribution is -0.660. The maximum atomic E-state index is 8.12. The van der Waals surface area contributed by atoms with Gasteiger partial charge in [0.2, 0.25) is 22.8 Å². The zero-order chi connectivity index (χ0) is 72.5. The lowest BCUT2D eigenvalue weighted by Gasteiger charge is -2.07. The van der Waals surface area contributed by atoms with Crippen molar-refractivity contribution in [3.63, 3.8) is 0 Å². The second-order valence-corrected chi connectivity index (χ2v) is 22.6. The molecule has 10 nitrogen and oxygen atoms in total. The summed E-state index contributed by atoms with van der Waals surface area (Å²) < 4.78 is 84.7. The minimum absolute atomic E-state index is 0.0369. The monoisotopic (exact) mass is 1200 g/mol. The Morgan fingerprint density at radius 1 is 0.422 bits per heavy atom. The summed E-state index contributed by atoms with van der Waals surface area (Å²) >= 11 is 0. The second kappa shape index (κ2) is 30.2. The van der Waals surface area contributed by atoms with Crippen LogP contribution in [0.4, 0.5) is 0 Å². The summed E-state index contributed by atoms with van der Waals surface area (Å²) in [7, 11) is 8.09. The van der Waals surface area contributed by atoms with Gasteiger partial charge in [-0.2, -0.15) is 0 Å². The zero-order valence-electron chi connectivity index (χ0n) is 63.6. The van der Waals surface area contributed by atoms with E-state index < -0.39 is 31.9 Å². The molecule has 90 heavy (non-hydrogen) atoms. The van der Waals surface area contributed by atoms with Crippen LogP contribution in [0.2, 0.25) is 0 Å². The highest BCUT2D eigenvalue weighted by Crippen LogP contribution is 2.28. The van der Waals surface area contributed by atoms with E-state index in [0.717, 1.165) is 56.0 Å². The molecular formula is C80H86N10+4. The summed E-state index contributed by atoms with van der Waals surface area (Å²) in [6.07, 6.45) is 15.3. The maximum absolute atomic E-state index is 8.12. The number of hydrogen-bond acceptors (Lipinski definition) is 6. The van der Waals surface area contributed by atoms with Crippen LogP contribution in [-0.2, 0) is 41.0 Å². The van der Waals surface area contributed by atoms with Gasteiger partial charge in [-0.15, -0.1) is 0 Å². The SMILES string of the molecule is [2H]C(C)(C)c1ncc(-c2ccc(-c3ccccc3C)[n+](C)c2)cn1.[2H]C([2H])(C)c1ccc(-c2ccc(-c3ccccc3C)[n+](C)c2)cn1.[2H]C([2H])([2H])C([2H])(C)Cc1nccc(-c2ccc(-c3ccccc3C)[n+](C)c2)n1.[2H]C([2H])([2H])c1ccc(-c2ccc(-c3ccccc3C)[n+](C)c2)cn1. The number of aromatic nitrogens is 10. The predicted molar refractivity (Wildman–Crippen MR) is 366 cm³/mol. The van der Waals surface area contributed by atoms with Crippen LogP contribution in [0.5, 0.6) is 0 Å².